The van der Waals surface area contributed by atoms with Gasteiger partial charge >= 0.3 is 5.43 Å². The van der Waals surface area contributed by atoms with Gasteiger partial charge in [0, 0.05) is 21.7 Å². The molecule has 19 heavy (non-hydrogen) atoms. The second-order valence-corrected chi connectivity index (χ2v) is 6.24. The molecule has 0 aromatic heterocycles. The predicted molar refractivity (Wildman–Crippen MR) is 81.0 cm³/mol. The topological polar surface area (TPSA) is 37.3 Å². The van der Waals surface area contributed by atoms with E-state index in [-0.39, 0.29) is 0 Å². The highest BCUT2D eigenvalue weighted by atomic mass is 35.5. The Labute approximate surface area is 128 Å². The number of hydrogen-bond acceptors (Lipinski definition) is 1. The normalized spacial score (nSPS) is 20.3. The van der Waals surface area contributed by atoms with Gasteiger partial charge < -0.3 is 5.11 Å². The maximum Gasteiger partial charge on any atom is 0.401 e. The maximum atomic E-state index is 8.77. The van der Waals surface area contributed by atoms with E-state index in [1.165, 1.54) is 6.42 Å². The fraction of sp³-hybridized carbons (Fsp3) is 0.357. The molecule has 0 heterocycles. The zero-order chi connectivity index (χ0) is 14.6. The van der Waals surface area contributed by atoms with Gasteiger partial charge in [-0.15, -0.1) is 0 Å². The Morgan fingerprint density at radius 3 is 2.11 bits per heavy atom. The quantitative estimate of drug-likeness (QED) is 0.692. The number of rotatable bonds is 2. The van der Waals surface area contributed by atoms with E-state index in [0.29, 0.717) is 11.3 Å². The molecule has 104 valence electrons. The van der Waals surface area contributed by atoms with Crippen LogP contribution in [0.3, 0.4) is 0 Å². The van der Waals surface area contributed by atoms with Gasteiger partial charge in [0.1, 0.15) is 0 Å². The first-order valence-corrected chi connectivity index (χ1v) is 6.87. The lowest BCUT2D eigenvalue weighted by Crippen LogP contribution is -1.87. The van der Waals surface area contributed by atoms with E-state index >= 15 is 0 Å². The molecule has 2 rings (SSSR count). The summed E-state index contributed by atoms with van der Waals surface area (Å²) in [5.41, 5.74) is 0.121. The molecule has 1 aliphatic carbocycles. The van der Waals surface area contributed by atoms with Crippen LogP contribution in [0.4, 0.5) is 4.79 Å². The average molecular weight is 322 g/mol. The fourth-order valence-electron chi connectivity index (χ4n) is 1.67. The SMILES string of the molecule is CC1(C)CC1/C=C(/Cl)c1ccc(Cl)cc1.O=C(O)Cl. The third-order valence-electron chi connectivity index (χ3n) is 3.06. The van der Waals surface area contributed by atoms with Crippen LogP contribution in [0.1, 0.15) is 25.8 Å². The highest BCUT2D eigenvalue weighted by Crippen LogP contribution is 2.53. The largest absolute Gasteiger partial charge is 0.469 e. The number of halogens is 3. The highest BCUT2D eigenvalue weighted by molar-refractivity contribution is 6.60. The summed E-state index contributed by atoms with van der Waals surface area (Å²) >= 11 is 16.2. The third-order valence-corrected chi connectivity index (χ3v) is 3.65. The van der Waals surface area contributed by atoms with Crippen molar-refractivity contribution in [3.8, 4) is 0 Å². The molecular weight excluding hydrogens is 307 g/mol. The van der Waals surface area contributed by atoms with E-state index in [4.69, 9.17) is 33.1 Å². The first kappa shape index (κ1) is 16.4. The molecule has 1 unspecified atom stereocenters. The molecule has 1 N–H and O–H groups in total. The van der Waals surface area contributed by atoms with Gasteiger partial charge in [0.25, 0.3) is 0 Å². The summed E-state index contributed by atoms with van der Waals surface area (Å²) in [6.07, 6.45) is 3.39. The molecule has 1 aromatic rings. The monoisotopic (exact) mass is 320 g/mol. The van der Waals surface area contributed by atoms with Crippen molar-refractivity contribution in [2.24, 2.45) is 11.3 Å². The van der Waals surface area contributed by atoms with Crippen molar-refractivity contribution in [2.45, 2.75) is 20.3 Å². The van der Waals surface area contributed by atoms with Gasteiger partial charge in [-0.25, -0.2) is 4.79 Å². The molecule has 1 aliphatic rings. The van der Waals surface area contributed by atoms with Gasteiger partial charge in [0.2, 0.25) is 0 Å². The minimum absolute atomic E-state index is 0.437. The van der Waals surface area contributed by atoms with Gasteiger partial charge in [-0.05, 0) is 35.4 Å². The van der Waals surface area contributed by atoms with Crippen LogP contribution in [0.15, 0.2) is 30.3 Å². The smallest absolute Gasteiger partial charge is 0.401 e. The number of carboxylic acid groups (broad SMARTS) is 1. The summed E-state index contributed by atoms with van der Waals surface area (Å²) in [6, 6.07) is 7.64. The van der Waals surface area contributed by atoms with Gasteiger partial charge in [-0.1, -0.05) is 55.3 Å². The van der Waals surface area contributed by atoms with Crippen molar-refractivity contribution in [1.82, 2.24) is 0 Å². The van der Waals surface area contributed by atoms with Crippen molar-refractivity contribution in [2.75, 3.05) is 0 Å². The van der Waals surface area contributed by atoms with Crippen molar-refractivity contribution in [3.63, 3.8) is 0 Å². The van der Waals surface area contributed by atoms with Gasteiger partial charge in [0.05, 0.1) is 0 Å². The minimum atomic E-state index is -1.36. The number of benzene rings is 1. The molecule has 0 radical (unpaired) electrons. The molecule has 1 aromatic carbocycles. The Kier molecular flexibility index (Phi) is 5.72. The summed E-state index contributed by atoms with van der Waals surface area (Å²) < 4.78 is 0. The fourth-order valence-corrected chi connectivity index (χ4v) is 2.08. The molecule has 0 bridgehead atoms. The summed E-state index contributed by atoms with van der Waals surface area (Å²) in [5, 5.41) is 8.76. The molecule has 1 fully saturated rings. The molecule has 2 nitrogen and oxygen atoms in total. The zero-order valence-corrected chi connectivity index (χ0v) is 12.9. The second-order valence-electron chi connectivity index (χ2n) is 5.07. The number of allylic oxidation sites excluding steroid dienone is 1. The lowest BCUT2D eigenvalue weighted by Gasteiger charge is -2.01. The Morgan fingerprint density at radius 2 is 1.74 bits per heavy atom. The number of hydrogen-bond donors (Lipinski definition) is 1. The van der Waals surface area contributed by atoms with E-state index in [9.17, 15) is 0 Å². The van der Waals surface area contributed by atoms with E-state index in [0.717, 1.165) is 15.6 Å². The molecule has 1 saturated carbocycles. The van der Waals surface area contributed by atoms with E-state index in [2.05, 4.69) is 31.5 Å². The van der Waals surface area contributed by atoms with E-state index < -0.39 is 5.43 Å². The zero-order valence-electron chi connectivity index (χ0n) is 10.7. The molecule has 0 saturated heterocycles. The van der Waals surface area contributed by atoms with Crippen LogP contribution < -0.4 is 0 Å². The second kappa shape index (κ2) is 6.65. The van der Waals surface area contributed by atoms with Crippen LogP contribution in [-0.2, 0) is 0 Å². The Hall–Kier alpha value is -0.700. The Morgan fingerprint density at radius 1 is 1.32 bits per heavy atom. The first-order chi connectivity index (χ1) is 8.72. The Balaban J connectivity index is 0.000000399. The Bertz CT molecular complexity index is 474. The molecule has 0 amide bonds. The summed E-state index contributed by atoms with van der Waals surface area (Å²) in [6.45, 7) is 4.53. The van der Waals surface area contributed by atoms with Gasteiger partial charge in [-0.3, -0.25) is 0 Å². The van der Waals surface area contributed by atoms with Crippen LogP contribution in [0.2, 0.25) is 5.02 Å². The highest BCUT2D eigenvalue weighted by Gasteiger charge is 2.43. The van der Waals surface area contributed by atoms with Crippen LogP contribution >= 0.6 is 34.8 Å². The molecule has 5 heteroatoms. The average Bonchev–Trinajstić information content (AvgIpc) is 2.85. The number of carbonyl (C=O) groups is 1. The van der Waals surface area contributed by atoms with Crippen molar-refractivity contribution in [1.29, 1.82) is 0 Å². The van der Waals surface area contributed by atoms with Crippen molar-refractivity contribution in [3.05, 3.63) is 40.9 Å². The summed E-state index contributed by atoms with van der Waals surface area (Å²) in [5.74, 6) is 0.626. The third kappa shape index (κ3) is 5.85. The summed E-state index contributed by atoms with van der Waals surface area (Å²) in [4.78, 5) is 8.77. The lowest BCUT2D eigenvalue weighted by atomic mass is 10.1. The van der Waals surface area contributed by atoms with Crippen LogP contribution in [0.25, 0.3) is 5.03 Å². The van der Waals surface area contributed by atoms with Crippen molar-refractivity contribution >= 4 is 45.3 Å². The van der Waals surface area contributed by atoms with Crippen molar-refractivity contribution < 1.29 is 9.90 Å². The molecular formula is C14H15Cl3O2. The maximum absolute atomic E-state index is 8.77. The minimum Gasteiger partial charge on any atom is -0.469 e. The van der Waals surface area contributed by atoms with Crippen LogP contribution in [-0.4, -0.2) is 10.5 Å². The summed E-state index contributed by atoms with van der Waals surface area (Å²) in [7, 11) is 0. The first-order valence-electron chi connectivity index (χ1n) is 5.74. The predicted octanol–water partition coefficient (Wildman–Crippen LogP) is 5.87. The van der Waals surface area contributed by atoms with E-state index in [1.54, 1.807) is 0 Å². The van der Waals surface area contributed by atoms with E-state index in [1.807, 2.05) is 24.3 Å². The van der Waals surface area contributed by atoms with Gasteiger partial charge in [0.15, 0.2) is 0 Å². The molecule has 0 aliphatic heterocycles. The lowest BCUT2D eigenvalue weighted by molar-refractivity contribution is 0.220. The molecule has 1 atom stereocenters. The molecule has 0 spiro atoms. The standard InChI is InChI=1S/C13H14Cl2.CHClO2/c1-13(2)8-10(13)7-12(15)9-3-5-11(14)6-4-9;2-1(3)4/h3-7,10H,8H2,1-2H3;(H,3,4)/b12-7+;. The van der Waals surface area contributed by atoms with Crippen LogP contribution in [0, 0.1) is 11.3 Å². The van der Waals surface area contributed by atoms with Gasteiger partial charge in [-0.2, -0.15) is 0 Å². The van der Waals surface area contributed by atoms with Crippen LogP contribution in [0.5, 0.6) is 0 Å².